The highest BCUT2D eigenvalue weighted by molar-refractivity contribution is 9.10. The molecule has 2 aromatic heterocycles. The predicted octanol–water partition coefficient (Wildman–Crippen LogP) is 5.12. The standard InChI is InChI=1S/C25H22BrF2N3O5S/c1-2-36-25(33)23-21(12-37(34,35)15-5-6-18(27)19(28)9-15)31(14-3-4-14)20-10-17(26)24(32)16(22(20)23)11-30-8-7-29-13-30/h5-10,13-14,32H,2-4,11-12H2,1H3. The second kappa shape index (κ2) is 9.56. The first-order valence-corrected chi connectivity index (χ1v) is 13.9. The lowest BCUT2D eigenvalue weighted by Gasteiger charge is -2.12. The Kier molecular flexibility index (Phi) is 6.57. The van der Waals surface area contributed by atoms with Crippen molar-refractivity contribution in [2.75, 3.05) is 6.61 Å². The van der Waals surface area contributed by atoms with E-state index >= 15 is 0 Å². The Balaban J connectivity index is 1.79. The van der Waals surface area contributed by atoms with Crippen molar-refractivity contribution in [3.05, 3.63) is 75.9 Å². The zero-order valence-corrected chi connectivity index (χ0v) is 22.0. The molecule has 2 aromatic carbocycles. The summed E-state index contributed by atoms with van der Waals surface area (Å²) in [4.78, 5) is 17.0. The maximum Gasteiger partial charge on any atom is 0.340 e. The topological polar surface area (TPSA) is 103 Å². The molecule has 37 heavy (non-hydrogen) atoms. The van der Waals surface area contributed by atoms with E-state index in [0.29, 0.717) is 27.0 Å². The van der Waals surface area contributed by atoms with Crippen LogP contribution in [0.5, 0.6) is 5.75 Å². The molecule has 0 bridgehead atoms. The lowest BCUT2D eigenvalue weighted by atomic mass is 10.0. The van der Waals surface area contributed by atoms with Gasteiger partial charge in [-0.3, -0.25) is 0 Å². The fourth-order valence-corrected chi connectivity index (χ4v) is 6.35. The molecule has 8 nitrogen and oxygen atoms in total. The molecule has 1 N–H and O–H groups in total. The van der Waals surface area contributed by atoms with E-state index < -0.39 is 38.1 Å². The molecule has 1 saturated carbocycles. The van der Waals surface area contributed by atoms with Gasteiger partial charge in [0.15, 0.2) is 21.5 Å². The molecule has 1 aliphatic carbocycles. The minimum Gasteiger partial charge on any atom is -0.506 e. The summed E-state index contributed by atoms with van der Waals surface area (Å²) in [6.45, 7) is 1.83. The second-order valence-electron chi connectivity index (χ2n) is 8.79. The number of phenols is 1. The Morgan fingerprint density at radius 3 is 2.62 bits per heavy atom. The highest BCUT2D eigenvalue weighted by Gasteiger charge is 2.36. The molecule has 0 unspecified atom stereocenters. The van der Waals surface area contributed by atoms with Crippen molar-refractivity contribution in [1.29, 1.82) is 0 Å². The van der Waals surface area contributed by atoms with Crippen LogP contribution in [-0.2, 0) is 26.9 Å². The molecule has 194 valence electrons. The molecule has 4 aromatic rings. The average Bonchev–Trinajstić information content (AvgIpc) is 3.45. The minimum atomic E-state index is -4.21. The number of imidazole rings is 1. The highest BCUT2D eigenvalue weighted by atomic mass is 79.9. The van der Waals surface area contributed by atoms with E-state index in [9.17, 15) is 27.1 Å². The first kappa shape index (κ1) is 25.4. The van der Waals surface area contributed by atoms with Gasteiger partial charge in [0.25, 0.3) is 0 Å². The van der Waals surface area contributed by atoms with E-state index in [1.165, 1.54) is 0 Å². The number of hydrogen-bond acceptors (Lipinski definition) is 6. The number of carbonyl (C=O) groups is 1. The monoisotopic (exact) mass is 593 g/mol. The summed E-state index contributed by atoms with van der Waals surface area (Å²) in [7, 11) is -4.21. The van der Waals surface area contributed by atoms with Crippen molar-refractivity contribution in [2.24, 2.45) is 0 Å². The summed E-state index contributed by atoms with van der Waals surface area (Å²) in [5, 5.41) is 11.4. The first-order valence-electron chi connectivity index (χ1n) is 11.5. The molecule has 1 aliphatic rings. The number of esters is 1. The van der Waals surface area contributed by atoms with Crippen LogP contribution in [-0.4, -0.2) is 40.2 Å². The molecular formula is C25H22BrF2N3O5S. The first-order chi connectivity index (χ1) is 17.6. The largest absolute Gasteiger partial charge is 0.506 e. The maximum absolute atomic E-state index is 13.9. The van der Waals surface area contributed by atoms with Crippen molar-refractivity contribution < 1.29 is 31.8 Å². The van der Waals surface area contributed by atoms with Crippen LogP contribution in [0.4, 0.5) is 8.78 Å². The number of sulfone groups is 1. The Labute approximate surface area is 219 Å². The second-order valence-corrected chi connectivity index (χ2v) is 11.6. The van der Waals surface area contributed by atoms with Gasteiger partial charge in [-0.05, 0) is 60.0 Å². The van der Waals surface area contributed by atoms with E-state index in [1.54, 1.807) is 40.8 Å². The molecular weight excluding hydrogens is 572 g/mol. The van der Waals surface area contributed by atoms with Gasteiger partial charge in [-0.1, -0.05) is 0 Å². The van der Waals surface area contributed by atoms with E-state index in [1.807, 2.05) is 0 Å². The number of nitrogens with zero attached hydrogens (tertiary/aromatic N) is 3. The van der Waals surface area contributed by atoms with Gasteiger partial charge in [-0.2, -0.15) is 0 Å². The molecule has 2 heterocycles. The van der Waals surface area contributed by atoms with E-state index in [2.05, 4.69) is 20.9 Å². The van der Waals surface area contributed by atoms with Gasteiger partial charge in [0.05, 0.1) is 45.7 Å². The number of rotatable bonds is 8. The SMILES string of the molecule is CCOC(=O)c1c(CS(=O)(=O)c2ccc(F)c(F)c2)n(C2CC2)c2cc(Br)c(O)c(Cn3ccnc3)c12. The van der Waals surface area contributed by atoms with Crippen LogP contribution in [0, 0.1) is 11.6 Å². The number of ether oxygens (including phenoxy) is 1. The molecule has 0 saturated heterocycles. The number of hydrogen-bond donors (Lipinski definition) is 1. The number of halogens is 3. The summed E-state index contributed by atoms with van der Waals surface area (Å²) in [5.41, 5.74) is 1.13. The van der Waals surface area contributed by atoms with Crippen molar-refractivity contribution in [3.63, 3.8) is 0 Å². The number of carbonyl (C=O) groups excluding carboxylic acids is 1. The summed E-state index contributed by atoms with van der Waals surface area (Å²) < 4.78 is 63.4. The van der Waals surface area contributed by atoms with Gasteiger partial charge < -0.3 is 19.0 Å². The molecule has 0 radical (unpaired) electrons. The molecule has 12 heteroatoms. The van der Waals surface area contributed by atoms with Crippen molar-refractivity contribution in [1.82, 2.24) is 14.1 Å². The molecule has 1 fully saturated rings. The van der Waals surface area contributed by atoms with Crippen molar-refractivity contribution in [3.8, 4) is 5.75 Å². The van der Waals surface area contributed by atoms with Crippen LogP contribution in [0.25, 0.3) is 10.9 Å². The van der Waals surface area contributed by atoms with Crippen LogP contribution in [0.1, 0.15) is 47.4 Å². The molecule has 0 spiro atoms. The van der Waals surface area contributed by atoms with Crippen LogP contribution >= 0.6 is 15.9 Å². The Bertz CT molecular complexity index is 1630. The highest BCUT2D eigenvalue weighted by Crippen LogP contribution is 2.46. The van der Waals surface area contributed by atoms with Crippen LogP contribution in [0.15, 0.2) is 52.4 Å². The van der Waals surface area contributed by atoms with Crippen molar-refractivity contribution >= 4 is 42.6 Å². The van der Waals surface area contributed by atoms with Crippen LogP contribution < -0.4 is 0 Å². The fraction of sp³-hybridized carbons (Fsp3) is 0.280. The Morgan fingerprint density at radius 1 is 1.24 bits per heavy atom. The quantitative estimate of drug-likeness (QED) is 0.225. The number of aromatic hydroxyl groups is 1. The van der Waals surface area contributed by atoms with Gasteiger partial charge >= 0.3 is 5.97 Å². The smallest absolute Gasteiger partial charge is 0.340 e. The third-order valence-electron chi connectivity index (χ3n) is 6.29. The van der Waals surface area contributed by atoms with E-state index in [0.717, 1.165) is 25.0 Å². The minimum absolute atomic E-state index is 0.0211. The molecule has 0 amide bonds. The van der Waals surface area contributed by atoms with Crippen LogP contribution in [0.2, 0.25) is 0 Å². The lowest BCUT2D eigenvalue weighted by molar-refractivity contribution is 0.0527. The number of benzene rings is 2. The van der Waals surface area contributed by atoms with Gasteiger partial charge in [0.2, 0.25) is 0 Å². The third-order valence-corrected chi connectivity index (χ3v) is 8.52. The average molecular weight is 594 g/mol. The van der Waals surface area contributed by atoms with E-state index in [-0.39, 0.29) is 36.2 Å². The molecule has 0 atom stereocenters. The van der Waals surface area contributed by atoms with E-state index in [4.69, 9.17) is 4.74 Å². The normalized spacial score (nSPS) is 13.8. The van der Waals surface area contributed by atoms with Gasteiger partial charge in [-0.25, -0.2) is 27.0 Å². The lowest BCUT2D eigenvalue weighted by Crippen LogP contribution is -2.15. The molecule has 5 rings (SSSR count). The summed E-state index contributed by atoms with van der Waals surface area (Å²) in [6.07, 6.45) is 6.36. The summed E-state index contributed by atoms with van der Waals surface area (Å²) in [5.74, 6) is -3.94. The van der Waals surface area contributed by atoms with Gasteiger partial charge in [0.1, 0.15) is 5.75 Å². The Hall–Kier alpha value is -3.25. The fourth-order valence-electron chi connectivity index (χ4n) is 4.52. The number of aromatic nitrogens is 3. The predicted molar refractivity (Wildman–Crippen MR) is 134 cm³/mol. The number of fused-ring (bicyclic) bond motifs is 1. The summed E-state index contributed by atoms with van der Waals surface area (Å²) >= 11 is 3.39. The number of phenolic OH excluding ortho intramolecular Hbond substituents is 1. The third kappa shape index (κ3) is 4.63. The summed E-state index contributed by atoms with van der Waals surface area (Å²) in [6, 6.07) is 3.96. The van der Waals surface area contributed by atoms with Crippen molar-refractivity contribution in [2.45, 2.75) is 43.0 Å². The van der Waals surface area contributed by atoms with Gasteiger partial charge in [0, 0.05) is 35.1 Å². The Morgan fingerprint density at radius 2 is 2.00 bits per heavy atom. The van der Waals surface area contributed by atoms with Crippen LogP contribution in [0.3, 0.4) is 0 Å². The zero-order valence-electron chi connectivity index (χ0n) is 19.6. The zero-order chi connectivity index (χ0) is 26.5. The maximum atomic E-state index is 13.9. The molecule has 0 aliphatic heterocycles. The van der Waals surface area contributed by atoms with Gasteiger partial charge in [-0.15, -0.1) is 0 Å².